The third-order valence-electron chi connectivity index (χ3n) is 3.02. The van der Waals surface area contributed by atoms with Crippen LogP contribution < -0.4 is 5.73 Å². The minimum absolute atomic E-state index is 0.765. The molecule has 0 saturated heterocycles. The summed E-state index contributed by atoms with van der Waals surface area (Å²) in [5.74, 6) is 0. The smallest absolute Gasteiger partial charge is 0.0237 e. The zero-order valence-electron chi connectivity index (χ0n) is 8.79. The number of rotatable bonds is 2. The molecule has 0 radical (unpaired) electrons. The Bertz CT molecular complexity index is 320. The molecular weight excluding hydrogens is 172 g/mol. The van der Waals surface area contributed by atoms with Crippen molar-refractivity contribution in [1.82, 2.24) is 4.90 Å². The fraction of sp³-hybridized carbons (Fsp3) is 0.500. The number of fused-ring (bicyclic) bond motifs is 1. The molecule has 2 rings (SSSR count). The predicted octanol–water partition coefficient (Wildman–Crippen LogP) is 1.31. The number of nitrogens with zero attached hydrogens (tertiary/aromatic N) is 1. The van der Waals surface area contributed by atoms with Gasteiger partial charge in [0.1, 0.15) is 0 Å². The van der Waals surface area contributed by atoms with Crippen LogP contribution in [0.3, 0.4) is 0 Å². The van der Waals surface area contributed by atoms with Crippen molar-refractivity contribution in [3.63, 3.8) is 0 Å². The SMILES string of the molecule is Cc1cccc2c1CCN(CCN)C2. The summed E-state index contributed by atoms with van der Waals surface area (Å²) in [7, 11) is 0. The largest absolute Gasteiger partial charge is 0.329 e. The van der Waals surface area contributed by atoms with Gasteiger partial charge in [-0.25, -0.2) is 0 Å². The van der Waals surface area contributed by atoms with E-state index in [1.54, 1.807) is 5.56 Å². The topological polar surface area (TPSA) is 29.3 Å². The highest BCUT2D eigenvalue weighted by atomic mass is 15.1. The molecule has 1 heterocycles. The summed E-state index contributed by atoms with van der Waals surface area (Å²) in [6.07, 6.45) is 1.18. The molecule has 0 unspecified atom stereocenters. The fourth-order valence-corrected chi connectivity index (χ4v) is 2.23. The van der Waals surface area contributed by atoms with Gasteiger partial charge in [-0.15, -0.1) is 0 Å². The van der Waals surface area contributed by atoms with E-state index in [0.29, 0.717) is 0 Å². The van der Waals surface area contributed by atoms with Crippen LogP contribution in [0.15, 0.2) is 18.2 Å². The maximum Gasteiger partial charge on any atom is 0.0237 e. The number of hydrogen-bond donors (Lipinski definition) is 1. The van der Waals surface area contributed by atoms with Crippen molar-refractivity contribution >= 4 is 0 Å². The molecule has 0 amide bonds. The average molecular weight is 190 g/mol. The van der Waals surface area contributed by atoms with Gasteiger partial charge >= 0.3 is 0 Å². The molecule has 2 N–H and O–H groups in total. The zero-order valence-corrected chi connectivity index (χ0v) is 8.79. The summed E-state index contributed by atoms with van der Waals surface area (Å²) >= 11 is 0. The minimum Gasteiger partial charge on any atom is -0.329 e. The van der Waals surface area contributed by atoms with Crippen LogP contribution in [0.2, 0.25) is 0 Å². The van der Waals surface area contributed by atoms with Crippen molar-refractivity contribution in [1.29, 1.82) is 0 Å². The Morgan fingerprint density at radius 1 is 1.43 bits per heavy atom. The lowest BCUT2D eigenvalue weighted by atomic mass is 9.95. The van der Waals surface area contributed by atoms with Gasteiger partial charge in [0.2, 0.25) is 0 Å². The van der Waals surface area contributed by atoms with Crippen LogP contribution in [-0.4, -0.2) is 24.5 Å². The van der Waals surface area contributed by atoms with E-state index in [0.717, 1.165) is 26.2 Å². The van der Waals surface area contributed by atoms with Gasteiger partial charge in [-0.05, 0) is 30.0 Å². The molecule has 0 fully saturated rings. The highest BCUT2D eigenvalue weighted by Crippen LogP contribution is 2.21. The van der Waals surface area contributed by atoms with Crippen molar-refractivity contribution in [2.24, 2.45) is 5.73 Å². The predicted molar refractivity (Wildman–Crippen MR) is 59.2 cm³/mol. The number of aryl methyl sites for hydroxylation is 1. The van der Waals surface area contributed by atoms with Crippen LogP contribution >= 0.6 is 0 Å². The van der Waals surface area contributed by atoms with Gasteiger partial charge in [-0.3, -0.25) is 4.90 Å². The van der Waals surface area contributed by atoms with E-state index < -0.39 is 0 Å². The molecule has 1 aliphatic heterocycles. The zero-order chi connectivity index (χ0) is 9.97. The van der Waals surface area contributed by atoms with E-state index in [1.165, 1.54) is 17.5 Å². The molecule has 1 aromatic rings. The first kappa shape index (κ1) is 9.69. The summed E-state index contributed by atoms with van der Waals surface area (Å²) in [6, 6.07) is 6.60. The van der Waals surface area contributed by atoms with Gasteiger partial charge in [-0.1, -0.05) is 18.2 Å². The first-order chi connectivity index (χ1) is 6.81. The molecule has 14 heavy (non-hydrogen) atoms. The van der Waals surface area contributed by atoms with Gasteiger partial charge in [-0.2, -0.15) is 0 Å². The summed E-state index contributed by atoms with van der Waals surface area (Å²) in [4.78, 5) is 2.43. The van der Waals surface area contributed by atoms with Crippen molar-refractivity contribution in [2.75, 3.05) is 19.6 Å². The summed E-state index contributed by atoms with van der Waals surface area (Å²) in [5, 5.41) is 0. The van der Waals surface area contributed by atoms with E-state index >= 15 is 0 Å². The number of nitrogens with two attached hydrogens (primary N) is 1. The summed E-state index contributed by atoms with van der Waals surface area (Å²) in [6.45, 7) is 6.23. The van der Waals surface area contributed by atoms with Crippen molar-refractivity contribution < 1.29 is 0 Å². The first-order valence-corrected chi connectivity index (χ1v) is 5.31. The second kappa shape index (κ2) is 4.11. The monoisotopic (exact) mass is 190 g/mol. The molecule has 0 spiro atoms. The second-order valence-electron chi connectivity index (χ2n) is 4.03. The lowest BCUT2D eigenvalue weighted by Gasteiger charge is -2.29. The Balaban J connectivity index is 2.18. The van der Waals surface area contributed by atoms with Crippen LogP contribution in [0, 0.1) is 6.92 Å². The quantitative estimate of drug-likeness (QED) is 0.762. The van der Waals surface area contributed by atoms with Gasteiger partial charge < -0.3 is 5.73 Å². The van der Waals surface area contributed by atoms with Crippen molar-refractivity contribution in [2.45, 2.75) is 19.9 Å². The normalized spacial score (nSPS) is 16.7. The summed E-state index contributed by atoms with van der Waals surface area (Å²) in [5.41, 5.74) is 10.1. The van der Waals surface area contributed by atoms with Crippen LogP contribution in [0.1, 0.15) is 16.7 Å². The van der Waals surface area contributed by atoms with Gasteiger partial charge in [0.15, 0.2) is 0 Å². The lowest BCUT2D eigenvalue weighted by molar-refractivity contribution is 0.261. The van der Waals surface area contributed by atoms with E-state index in [-0.39, 0.29) is 0 Å². The Kier molecular flexibility index (Phi) is 2.85. The van der Waals surface area contributed by atoms with Crippen LogP contribution in [0.4, 0.5) is 0 Å². The van der Waals surface area contributed by atoms with Gasteiger partial charge in [0.05, 0.1) is 0 Å². The Morgan fingerprint density at radius 2 is 2.29 bits per heavy atom. The highest BCUT2D eigenvalue weighted by Gasteiger charge is 2.15. The van der Waals surface area contributed by atoms with Crippen molar-refractivity contribution in [3.05, 3.63) is 34.9 Å². The standard InChI is InChI=1S/C12H18N2/c1-10-3-2-4-11-9-14(8-6-13)7-5-12(10)11/h2-4H,5-9,13H2,1H3. The first-order valence-electron chi connectivity index (χ1n) is 5.31. The van der Waals surface area contributed by atoms with Gasteiger partial charge in [0.25, 0.3) is 0 Å². The molecule has 0 aromatic heterocycles. The van der Waals surface area contributed by atoms with Crippen molar-refractivity contribution in [3.8, 4) is 0 Å². The Morgan fingerprint density at radius 3 is 3.07 bits per heavy atom. The molecule has 1 aromatic carbocycles. The molecular formula is C12H18N2. The molecule has 2 nitrogen and oxygen atoms in total. The number of benzene rings is 1. The van der Waals surface area contributed by atoms with Crippen LogP contribution in [0.5, 0.6) is 0 Å². The molecule has 0 atom stereocenters. The van der Waals surface area contributed by atoms with Gasteiger partial charge in [0, 0.05) is 26.2 Å². The maximum absolute atomic E-state index is 5.57. The third-order valence-corrected chi connectivity index (χ3v) is 3.02. The van der Waals surface area contributed by atoms with E-state index in [4.69, 9.17) is 5.73 Å². The molecule has 76 valence electrons. The van der Waals surface area contributed by atoms with E-state index in [1.807, 2.05) is 0 Å². The Hall–Kier alpha value is -0.860. The average Bonchev–Trinajstić information content (AvgIpc) is 2.18. The fourth-order valence-electron chi connectivity index (χ4n) is 2.23. The highest BCUT2D eigenvalue weighted by molar-refractivity contribution is 5.36. The molecule has 0 saturated carbocycles. The third kappa shape index (κ3) is 1.81. The molecule has 0 aliphatic carbocycles. The second-order valence-corrected chi connectivity index (χ2v) is 4.03. The van der Waals surface area contributed by atoms with E-state index in [2.05, 4.69) is 30.0 Å². The van der Waals surface area contributed by atoms with E-state index in [9.17, 15) is 0 Å². The van der Waals surface area contributed by atoms with Crippen LogP contribution in [-0.2, 0) is 13.0 Å². The molecule has 2 heteroatoms. The lowest BCUT2D eigenvalue weighted by Crippen LogP contribution is -2.34. The minimum atomic E-state index is 0.765. The maximum atomic E-state index is 5.57. The Labute approximate surface area is 85.7 Å². The molecule has 0 bridgehead atoms. The summed E-state index contributed by atoms with van der Waals surface area (Å²) < 4.78 is 0. The molecule has 1 aliphatic rings. The van der Waals surface area contributed by atoms with Crippen LogP contribution in [0.25, 0.3) is 0 Å². The number of hydrogen-bond acceptors (Lipinski definition) is 2.